The molecule has 8 nitrogen and oxygen atoms in total. The fraction of sp³-hybridized carbons (Fsp3) is 0.550. The van der Waals surface area contributed by atoms with Crippen LogP contribution in [0.3, 0.4) is 0 Å². The van der Waals surface area contributed by atoms with Crippen LogP contribution in [0.5, 0.6) is 0 Å². The molecule has 0 aliphatic heterocycles. The highest BCUT2D eigenvalue weighted by atomic mass is 32.2. The zero-order valence-corrected chi connectivity index (χ0v) is 18.7. The maximum Gasteiger partial charge on any atom is 0.259 e. The number of carbonyl (C=O) groups is 1. The number of nitrogens with one attached hydrogen (secondary N) is 2. The van der Waals surface area contributed by atoms with Crippen LogP contribution < -0.4 is 10.9 Å². The highest BCUT2D eigenvalue weighted by molar-refractivity contribution is 7.98. The first-order chi connectivity index (χ1) is 14.7. The van der Waals surface area contributed by atoms with Gasteiger partial charge in [-0.2, -0.15) is 11.8 Å². The Morgan fingerprint density at radius 2 is 2.23 bits per heavy atom. The van der Waals surface area contributed by atoms with Crippen molar-refractivity contribution in [3.05, 3.63) is 38.8 Å². The third kappa shape index (κ3) is 4.75. The molecule has 4 rings (SSSR count). The van der Waals surface area contributed by atoms with Crippen molar-refractivity contribution < 1.29 is 4.79 Å². The highest BCUT2D eigenvalue weighted by Gasteiger charge is 2.19. The van der Waals surface area contributed by atoms with E-state index >= 15 is 0 Å². The first kappa shape index (κ1) is 21.0. The van der Waals surface area contributed by atoms with Crippen LogP contribution in [-0.2, 0) is 36.4 Å². The van der Waals surface area contributed by atoms with Crippen LogP contribution in [0.4, 0.5) is 0 Å². The monoisotopic (exact) mass is 446 g/mol. The molecule has 3 heterocycles. The molecule has 160 valence electrons. The molecule has 1 amide bonds. The van der Waals surface area contributed by atoms with Gasteiger partial charge in [0, 0.05) is 36.6 Å². The van der Waals surface area contributed by atoms with Crippen LogP contribution in [0.25, 0.3) is 10.2 Å². The minimum atomic E-state index is -0.0207. The number of nitrogens with zero attached hydrogens (tertiary/aromatic N) is 4. The fourth-order valence-corrected chi connectivity index (χ4v) is 5.83. The van der Waals surface area contributed by atoms with Gasteiger partial charge in [-0.1, -0.05) is 0 Å². The highest BCUT2D eigenvalue weighted by Crippen LogP contribution is 2.33. The number of H-pyrrole nitrogens is 1. The molecular formula is C20H26N6O2S2. The van der Waals surface area contributed by atoms with Gasteiger partial charge in [0.25, 0.3) is 5.56 Å². The predicted octanol–water partition coefficient (Wildman–Crippen LogP) is 2.46. The second kappa shape index (κ2) is 9.74. The van der Waals surface area contributed by atoms with Gasteiger partial charge < -0.3 is 14.9 Å². The average Bonchev–Trinajstić information content (AvgIpc) is 3.35. The molecule has 3 aromatic rings. The van der Waals surface area contributed by atoms with E-state index in [0.717, 1.165) is 41.8 Å². The van der Waals surface area contributed by atoms with Crippen molar-refractivity contribution in [2.75, 3.05) is 12.3 Å². The summed E-state index contributed by atoms with van der Waals surface area (Å²) in [6.45, 7) is 3.41. The lowest BCUT2D eigenvalue weighted by molar-refractivity contribution is -0.120. The molecule has 2 N–H and O–H groups in total. The average molecular weight is 447 g/mol. The molecule has 30 heavy (non-hydrogen) atoms. The van der Waals surface area contributed by atoms with E-state index in [-0.39, 0.29) is 11.5 Å². The molecule has 1 aliphatic rings. The summed E-state index contributed by atoms with van der Waals surface area (Å²) in [5, 5.41) is 11.7. The van der Waals surface area contributed by atoms with Gasteiger partial charge in [-0.05, 0) is 38.2 Å². The number of carbonyl (C=O) groups excluding carboxylic acids is 1. The van der Waals surface area contributed by atoms with Gasteiger partial charge in [-0.15, -0.1) is 21.5 Å². The number of fused-ring (bicyclic) bond motifs is 3. The Morgan fingerprint density at radius 1 is 1.37 bits per heavy atom. The minimum Gasteiger partial charge on any atom is -0.356 e. The summed E-state index contributed by atoms with van der Waals surface area (Å²) in [4.78, 5) is 34.4. The lowest BCUT2D eigenvalue weighted by Gasteiger charge is -2.09. The first-order valence-electron chi connectivity index (χ1n) is 10.4. The van der Waals surface area contributed by atoms with E-state index in [2.05, 4.69) is 25.5 Å². The van der Waals surface area contributed by atoms with E-state index in [4.69, 9.17) is 0 Å². The zero-order valence-electron chi connectivity index (χ0n) is 17.1. The number of hydrogen-bond donors (Lipinski definition) is 2. The van der Waals surface area contributed by atoms with Crippen LogP contribution >= 0.6 is 23.1 Å². The second-order valence-electron chi connectivity index (χ2n) is 7.34. The van der Waals surface area contributed by atoms with Crippen LogP contribution in [0.2, 0.25) is 0 Å². The molecule has 3 aromatic heterocycles. The Hall–Kier alpha value is -2.20. The summed E-state index contributed by atoms with van der Waals surface area (Å²) >= 11 is 3.28. The molecule has 0 spiro atoms. The van der Waals surface area contributed by atoms with E-state index < -0.39 is 0 Å². The quantitative estimate of drug-likeness (QED) is 0.489. The molecule has 0 saturated carbocycles. The van der Waals surface area contributed by atoms with Gasteiger partial charge >= 0.3 is 0 Å². The molecule has 0 radical (unpaired) electrons. The topological polar surface area (TPSA) is 106 Å². The third-order valence-electron chi connectivity index (χ3n) is 5.29. The summed E-state index contributed by atoms with van der Waals surface area (Å²) in [6, 6.07) is 0. The number of rotatable bonds is 9. The zero-order chi connectivity index (χ0) is 20.9. The van der Waals surface area contributed by atoms with Gasteiger partial charge in [-0.25, -0.2) is 4.98 Å². The second-order valence-corrected chi connectivity index (χ2v) is 9.53. The first-order valence-corrected chi connectivity index (χ1v) is 12.4. The van der Waals surface area contributed by atoms with E-state index in [1.807, 2.05) is 11.5 Å². The van der Waals surface area contributed by atoms with Crippen LogP contribution in [0.15, 0.2) is 11.1 Å². The summed E-state index contributed by atoms with van der Waals surface area (Å²) < 4.78 is 1.97. The number of hydrogen-bond acceptors (Lipinski definition) is 7. The molecule has 0 aromatic carbocycles. The van der Waals surface area contributed by atoms with Gasteiger partial charge in [0.15, 0.2) is 0 Å². The summed E-state index contributed by atoms with van der Waals surface area (Å²) in [5.74, 6) is 2.87. The van der Waals surface area contributed by atoms with Crippen molar-refractivity contribution in [1.29, 1.82) is 0 Å². The lowest BCUT2D eigenvalue weighted by atomic mass is 9.97. The maximum atomic E-state index is 12.6. The molecule has 0 unspecified atom stereocenters. The number of amides is 1. The number of aromatic amines is 1. The number of aromatic nitrogens is 5. The van der Waals surface area contributed by atoms with Gasteiger partial charge in [-0.3, -0.25) is 9.59 Å². The Kier molecular flexibility index (Phi) is 6.83. The standard InChI is InChI=1S/C20H26N6O2S2/c1-2-26-12-22-25-16(26)7-9-21-17(27)8-10-29-11-15-23-19(28)18-13-5-3-4-6-14(13)30-20(18)24-15/h12H,2-11H2,1H3,(H,21,27)(H,23,24,28). The normalized spacial score (nSPS) is 13.5. The molecular weight excluding hydrogens is 420 g/mol. The smallest absolute Gasteiger partial charge is 0.259 e. The van der Waals surface area contributed by atoms with Crippen molar-refractivity contribution in [2.45, 2.75) is 57.7 Å². The fourth-order valence-electron chi connectivity index (χ4n) is 3.75. The summed E-state index contributed by atoms with van der Waals surface area (Å²) in [7, 11) is 0. The molecule has 0 fully saturated rings. The van der Waals surface area contributed by atoms with Crippen molar-refractivity contribution >= 4 is 39.2 Å². The van der Waals surface area contributed by atoms with E-state index in [1.54, 1.807) is 29.4 Å². The third-order valence-corrected chi connectivity index (χ3v) is 7.45. The van der Waals surface area contributed by atoms with Crippen LogP contribution in [-0.4, -0.2) is 42.9 Å². The molecule has 0 bridgehead atoms. The van der Waals surface area contributed by atoms with E-state index in [9.17, 15) is 9.59 Å². The van der Waals surface area contributed by atoms with Crippen LogP contribution in [0.1, 0.15) is 48.3 Å². The Morgan fingerprint density at radius 3 is 3.10 bits per heavy atom. The Balaban J connectivity index is 1.23. The van der Waals surface area contributed by atoms with E-state index in [1.165, 1.54) is 16.9 Å². The van der Waals surface area contributed by atoms with Crippen molar-refractivity contribution in [3.63, 3.8) is 0 Å². The molecule has 0 saturated heterocycles. The summed E-state index contributed by atoms with van der Waals surface area (Å²) in [6.07, 6.45) is 7.20. The Labute approximate surface area is 182 Å². The molecule has 0 atom stereocenters. The number of thioether (sulfide) groups is 1. The maximum absolute atomic E-state index is 12.6. The Bertz CT molecular complexity index is 1090. The SMILES string of the molecule is CCn1cnnc1CCNC(=O)CCSCc1nc2sc3c(c2c(=O)[nH]1)CCCC3. The van der Waals surface area contributed by atoms with Gasteiger partial charge in [0.2, 0.25) is 5.91 Å². The lowest BCUT2D eigenvalue weighted by Crippen LogP contribution is -2.26. The van der Waals surface area contributed by atoms with Gasteiger partial charge in [0.1, 0.15) is 22.8 Å². The number of thiophene rings is 1. The van der Waals surface area contributed by atoms with Crippen molar-refractivity contribution in [3.8, 4) is 0 Å². The van der Waals surface area contributed by atoms with Crippen molar-refractivity contribution in [1.82, 2.24) is 30.0 Å². The van der Waals surface area contributed by atoms with Crippen molar-refractivity contribution in [2.24, 2.45) is 0 Å². The molecule has 1 aliphatic carbocycles. The van der Waals surface area contributed by atoms with E-state index in [0.29, 0.717) is 36.7 Å². The number of aryl methyl sites for hydroxylation is 3. The summed E-state index contributed by atoms with van der Waals surface area (Å²) in [5.41, 5.74) is 1.19. The van der Waals surface area contributed by atoms with Gasteiger partial charge in [0.05, 0.1) is 11.1 Å². The predicted molar refractivity (Wildman–Crippen MR) is 120 cm³/mol. The van der Waals surface area contributed by atoms with Crippen LogP contribution in [0, 0.1) is 0 Å². The minimum absolute atomic E-state index is 0.0207. The largest absolute Gasteiger partial charge is 0.356 e. The molecule has 10 heteroatoms.